The Morgan fingerprint density at radius 3 is 2.41 bits per heavy atom. The first-order valence-electron chi connectivity index (χ1n) is 12.2. The number of aryl methyl sites for hydroxylation is 1. The van der Waals surface area contributed by atoms with Gasteiger partial charge in [-0.1, -0.05) is 70.6 Å². The van der Waals surface area contributed by atoms with Gasteiger partial charge in [-0.2, -0.15) is 0 Å². The molecular weight excluding hydrogens is 556 g/mol. The van der Waals surface area contributed by atoms with Crippen LogP contribution in [-0.4, -0.2) is 29.2 Å². The number of benzene rings is 3. The maximum atomic E-state index is 13.9. The maximum Gasteiger partial charge on any atom is 0.305 e. The van der Waals surface area contributed by atoms with Gasteiger partial charge < -0.3 is 14.5 Å². The summed E-state index contributed by atoms with van der Waals surface area (Å²) < 4.78 is 11.7. The van der Waals surface area contributed by atoms with Crippen LogP contribution in [0.3, 0.4) is 0 Å². The second-order valence-corrected chi connectivity index (χ2v) is 12.0. The first kappa shape index (κ1) is 25.7. The third-order valence-electron chi connectivity index (χ3n) is 6.97. The highest BCUT2D eigenvalue weighted by molar-refractivity contribution is 8.00. The van der Waals surface area contributed by atoms with Crippen molar-refractivity contribution in [1.82, 2.24) is 4.98 Å². The van der Waals surface area contributed by atoms with Crippen molar-refractivity contribution in [1.29, 1.82) is 0 Å². The average molecular weight is 579 g/mol. The first-order chi connectivity index (χ1) is 18.8. The van der Waals surface area contributed by atoms with E-state index >= 15 is 0 Å². The summed E-state index contributed by atoms with van der Waals surface area (Å²) in [6.45, 7) is 2.40. The predicted molar refractivity (Wildman–Crippen MR) is 152 cm³/mol. The summed E-state index contributed by atoms with van der Waals surface area (Å²) in [6, 6.07) is 20.2. The number of carbonyl (C=O) groups is 2. The molecule has 3 unspecified atom stereocenters. The number of amides is 2. The molecule has 39 heavy (non-hydrogen) atoms. The van der Waals surface area contributed by atoms with E-state index in [0.717, 1.165) is 27.3 Å². The van der Waals surface area contributed by atoms with Crippen LogP contribution in [0.1, 0.15) is 27.5 Å². The molecule has 0 aliphatic carbocycles. The molecule has 0 saturated carbocycles. The summed E-state index contributed by atoms with van der Waals surface area (Å²) in [6.07, 6.45) is 0. The van der Waals surface area contributed by atoms with Crippen molar-refractivity contribution in [2.45, 2.75) is 29.7 Å². The van der Waals surface area contributed by atoms with Crippen LogP contribution < -0.4 is 19.2 Å². The van der Waals surface area contributed by atoms with E-state index in [9.17, 15) is 14.4 Å². The van der Waals surface area contributed by atoms with Crippen molar-refractivity contribution in [3.05, 3.63) is 103 Å². The molecule has 7 nitrogen and oxygen atoms in total. The lowest BCUT2D eigenvalue weighted by Gasteiger charge is -2.30. The third-order valence-corrected chi connectivity index (χ3v) is 9.62. The second kappa shape index (κ2) is 10.2. The fourth-order valence-corrected chi connectivity index (χ4v) is 7.70. The number of halogens is 1. The molecule has 1 aromatic heterocycles. The molecule has 2 aliphatic heterocycles. The Hall–Kier alpha value is -3.53. The van der Waals surface area contributed by atoms with E-state index in [1.807, 2.05) is 49.4 Å². The number of thioether (sulfide) groups is 1. The number of aromatic amines is 1. The van der Waals surface area contributed by atoms with Crippen LogP contribution in [-0.2, 0) is 16.2 Å². The molecule has 0 radical (unpaired) electrons. The minimum absolute atomic E-state index is 0.225. The summed E-state index contributed by atoms with van der Waals surface area (Å²) >= 11 is 8.34. The lowest BCUT2D eigenvalue weighted by atomic mass is 9.83. The number of H-pyrrole nitrogens is 1. The number of hydrogen-bond donors (Lipinski definition) is 1. The van der Waals surface area contributed by atoms with Gasteiger partial charge in [0.25, 0.3) is 0 Å². The lowest BCUT2D eigenvalue weighted by Crippen LogP contribution is -2.32. The number of carbonyl (C=O) groups excluding carboxylic acids is 2. The van der Waals surface area contributed by atoms with Crippen molar-refractivity contribution >= 4 is 52.2 Å². The number of aromatic nitrogens is 1. The normalized spacial score (nSPS) is 20.1. The molecule has 2 amide bonds. The number of thiazole rings is 1. The second-order valence-electron chi connectivity index (χ2n) is 9.42. The molecule has 0 bridgehead atoms. The number of anilines is 1. The van der Waals surface area contributed by atoms with Crippen LogP contribution in [0.25, 0.3) is 0 Å². The van der Waals surface area contributed by atoms with E-state index in [4.69, 9.17) is 21.1 Å². The van der Waals surface area contributed by atoms with Crippen molar-refractivity contribution in [2.24, 2.45) is 5.92 Å². The van der Waals surface area contributed by atoms with Crippen LogP contribution in [0.15, 0.2) is 76.6 Å². The Kier molecular flexibility index (Phi) is 6.74. The average Bonchev–Trinajstić information content (AvgIpc) is 3.43. The van der Waals surface area contributed by atoms with E-state index in [1.165, 1.54) is 22.2 Å². The van der Waals surface area contributed by atoms with Gasteiger partial charge in [0.2, 0.25) is 11.8 Å². The number of imide groups is 1. The minimum Gasteiger partial charge on any atom is -0.493 e. The number of fused-ring (bicyclic) bond motifs is 2. The molecule has 3 aromatic carbocycles. The van der Waals surface area contributed by atoms with Crippen LogP contribution in [0.2, 0.25) is 5.02 Å². The number of nitrogens with one attached hydrogen (secondary N) is 1. The summed E-state index contributed by atoms with van der Waals surface area (Å²) in [4.78, 5) is 44.4. The van der Waals surface area contributed by atoms with Crippen LogP contribution in [0.5, 0.6) is 11.5 Å². The van der Waals surface area contributed by atoms with Gasteiger partial charge in [0.05, 0.1) is 23.7 Å². The zero-order chi connectivity index (χ0) is 27.3. The molecule has 1 N–H and O–H groups in total. The third kappa shape index (κ3) is 4.64. The fourth-order valence-electron chi connectivity index (χ4n) is 5.06. The molecule has 198 valence electrons. The molecule has 3 atom stereocenters. The molecule has 1 saturated heterocycles. The standard InChI is InChI=1S/C29H23ClN2O5S2/c1-15-3-5-16(6-4-15)14-37-20-12-7-17(13-21(20)36-2)22-23-25(38-26-24(22)39-29(35)31-26)28(34)32(27(23)33)19-10-8-18(30)9-11-19/h3-13,22-23,25H,14H2,1-2H3,(H,31,35). The summed E-state index contributed by atoms with van der Waals surface area (Å²) in [7, 11) is 1.56. The highest BCUT2D eigenvalue weighted by Gasteiger charge is 2.56. The first-order valence-corrected chi connectivity index (χ1v) is 14.3. The van der Waals surface area contributed by atoms with E-state index in [2.05, 4.69) is 4.98 Å². The molecule has 3 heterocycles. The van der Waals surface area contributed by atoms with Crippen LogP contribution >= 0.6 is 34.7 Å². The van der Waals surface area contributed by atoms with Crippen molar-refractivity contribution in [3.8, 4) is 11.5 Å². The molecule has 4 aromatic rings. The number of nitrogens with zero attached hydrogens (tertiary/aromatic N) is 1. The Bertz CT molecular complexity index is 1630. The number of methoxy groups -OCH3 is 1. The van der Waals surface area contributed by atoms with Gasteiger partial charge in [-0.3, -0.25) is 14.4 Å². The van der Waals surface area contributed by atoms with Gasteiger partial charge >= 0.3 is 4.87 Å². The Morgan fingerprint density at radius 2 is 1.69 bits per heavy atom. The van der Waals surface area contributed by atoms with E-state index in [-0.39, 0.29) is 16.7 Å². The number of hydrogen-bond acceptors (Lipinski definition) is 7. The number of ether oxygens (including phenoxy) is 2. The van der Waals surface area contributed by atoms with Crippen molar-refractivity contribution < 1.29 is 19.1 Å². The Balaban J connectivity index is 1.37. The topological polar surface area (TPSA) is 88.7 Å². The highest BCUT2D eigenvalue weighted by atomic mass is 35.5. The Morgan fingerprint density at radius 1 is 0.949 bits per heavy atom. The Labute approximate surface area is 237 Å². The van der Waals surface area contributed by atoms with Gasteiger partial charge in [0, 0.05) is 15.8 Å². The molecule has 1 fully saturated rings. The van der Waals surface area contributed by atoms with Crippen LogP contribution in [0, 0.1) is 12.8 Å². The lowest BCUT2D eigenvalue weighted by molar-refractivity contribution is -0.122. The SMILES string of the molecule is COc1cc(C2c3sc(=O)[nH]c3SC3C(=O)N(c4ccc(Cl)cc4)C(=O)C32)ccc1OCc1ccc(C)cc1. The molecule has 2 aliphatic rings. The molecular formula is C29H23ClN2O5S2. The molecule has 10 heteroatoms. The van der Waals surface area contributed by atoms with E-state index in [0.29, 0.717) is 33.8 Å². The highest BCUT2D eigenvalue weighted by Crippen LogP contribution is 2.53. The summed E-state index contributed by atoms with van der Waals surface area (Å²) in [5.74, 6) is -0.766. The van der Waals surface area contributed by atoms with Crippen molar-refractivity contribution in [3.63, 3.8) is 0 Å². The van der Waals surface area contributed by atoms with Gasteiger partial charge in [-0.15, -0.1) is 0 Å². The zero-order valence-electron chi connectivity index (χ0n) is 21.0. The van der Waals surface area contributed by atoms with Gasteiger partial charge in [0.1, 0.15) is 11.9 Å². The quantitative estimate of drug-likeness (QED) is 0.292. The zero-order valence-corrected chi connectivity index (χ0v) is 23.4. The van der Waals surface area contributed by atoms with E-state index < -0.39 is 17.1 Å². The van der Waals surface area contributed by atoms with E-state index in [1.54, 1.807) is 31.4 Å². The fraction of sp³-hybridized carbons (Fsp3) is 0.207. The van der Waals surface area contributed by atoms with Gasteiger partial charge in [-0.25, -0.2) is 4.90 Å². The summed E-state index contributed by atoms with van der Waals surface area (Å²) in [5.41, 5.74) is 3.43. The largest absolute Gasteiger partial charge is 0.493 e. The van der Waals surface area contributed by atoms with Crippen LogP contribution in [0.4, 0.5) is 5.69 Å². The minimum atomic E-state index is -0.693. The maximum absolute atomic E-state index is 13.9. The molecule has 0 spiro atoms. The predicted octanol–water partition coefficient (Wildman–Crippen LogP) is 5.78. The monoisotopic (exact) mass is 578 g/mol. The smallest absolute Gasteiger partial charge is 0.305 e. The summed E-state index contributed by atoms with van der Waals surface area (Å²) in [5, 5.41) is 0.451. The molecule has 6 rings (SSSR count). The van der Waals surface area contributed by atoms with Gasteiger partial charge in [-0.05, 0) is 54.4 Å². The van der Waals surface area contributed by atoms with Crippen molar-refractivity contribution in [2.75, 3.05) is 12.0 Å². The van der Waals surface area contributed by atoms with Gasteiger partial charge in [0.15, 0.2) is 11.5 Å². The number of rotatable bonds is 6.